The number of hydrogen-bond acceptors (Lipinski definition) is 1. The highest BCUT2D eigenvalue weighted by Crippen LogP contribution is 2.31. The summed E-state index contributed by atoms with van der Waals surface area (Å²) in [5.41, 5.74) is 3.50. The maximum atomic E-state index is 12.5. The molecule has 0 bridgehead atoms. The number of nitrogens with one attached hydrogen (secondary N) is 1. The number of hydrogen-bond donors (Lipinski definition) is 1. The van der Waals surface area contributed by atoms with E-state index in [2.05, 4.69) is 28.9 Å². The van der Waals surface area contributed by atoms with Gasteiger partial charge in [-0.25, -0.2) is 0 Å². The molecule has 5 heteroatoms. The van der Waals surface area contributed by atoms with E-state index >= 15 is 0 Å². The van der Waals surface area contributed by atoms with E-state index < -0.39 is 0 Å². The van der Waals surface area contributed by atoms with Crippen molar-refractivity contribution in [1.29, 1.82) is 0 Å². The summed E-state index contributed by atoms with van der Waals surface area (Å²) < 4.78 is 2.27. The van der Waals surface area contributed by atoms with E-state index in [-0.39, 0.29) is 5.91 Å². The number of rotatable bonds is 3. The SMILES string of the molecule is CCn1c2ccccc2c2cc(NC(=O)c3cc(Cl)cc(Cl)c3)ccc21. The fraction of sp³-hybridized carbons (Fsp3) is 0.0952. The molecule has 130 valence electrons. The molecule has 0 aliphatic carbocycles. The number of benzene rings is 3. The van der Waals surface area contributed by atoms with Crippen molar-refractivity contribution >= 4 is 56.6 Å². The van der Waals surface area contributed by atoms with Gasteiger partial charge in [-0.1, -0.05) is 41.4 Å². The van der Waals surface area contributed by atoms with Gasteiger partial charge < -0.3 is 9.88 Å². The van der Waals surface area contributed by atoms with Crippen LogP contribution >= 0.6 is 23.2 Å². The van der Waals surface area contributed by atoms with Gasteiger partial charge in [0.1, 0.15) is 0 Å². The third-order valence-corrected chi connectivity index (χ3v) is 4.91. The fourth-order valence-corrected chi connectivity index (χ4v) is 3.89. The molecule has 0 saturated heterocycles. The number of aryl methyl sites for hydroxylation is 1. The van der Waals surface area contributed by atoms with E-state index in [0.29, 0.717) is 15.6 Å². The van der Waals surface area contributed by atoms with Crippen LogP contribution in [0.5, 0.6) is 0 Å². The molecule has 0 aliphatic heterocycles. The van der Waals surface area contributed by atoms with Gasteiger partial charge in [0.15, 0.2) is 0 Å². The van der Waals surface area contributed by atoms with Gasteiger partial charge in [0.25, 0.3) is 5.91 Å². The molecule has 1 aromatic heterocycles. The summed E-state index contributed by atoms with van der Waals surface area (Å²) >= 11 is 12.0. The van der Waals surface area contributed by atoms with Crippen LogP contribution in [-0.2, 0) is 6.54 Å². The van der Waals surface area contributed by atoms with Gasteiger partial charge in [-0.2, -0.15) is 0 Å². The maximum Gasteiger partial charge on any atom is 0.255 e. The molecule has 1 N–H and O–H groups in total. The van der Waals surface area contributed by atoms with Crippen LogP contribution in [0.3, 0.4) is 0 Å². The summed E-state index contributed by atoms with van der Waals surface area (Å²) in [4.78, 5) is 12.5. The Morgan fingerprint density at radius 1 is 0.923 bits per heavy atom. The molecular weight excluding hydrogens is 367 g/mol. The molecule has 0 aliphatic rings. The minimum atomic E-state index is -0.243. The molecule has 0 spiro atoms. The predicted molar refractivity (Wildman–Crippen MR) is 110 cm³/mol. The average Bonchev–Trinajstić information content (AvgIpc) is 2.94. The van der Waals surface area contributed by atoms with E-state index in [1.54, 1.807) is 18.2 Å². The summed E-state index contributed by atoms with van der Waals surface area (Å²) in [6.07, 6.45) is 0. The van der Waals surface area contributed by atoms with Crippen LogP contribution in [0.4, 0.5) is 5.69 Å². The molecule has 3 aromatic carbocycles. The molecule has 4 aromatic rings. The lowest BCUT2D eigenvalue weighted by Gasteiger charge is -2.07. The number of halogens is 2. The lowest BCUT2D eigenvalue weighted by Crippen LogP contribution is -2.11. The van der Waals surface area contributed by atoms with Crippen molar-refractivity contribution in [3.63, 3.8) is 0 Å². The number of carbonyl (C=O) groups is 1. The summed E-state index contributed by atoms with van der Waals surface area (Å²) in [6.45, 7) is 3.02. The molecular formula is C21H16Cl2N2O. The minimum absolute atomic E-state index is 0.243. The monoisotopic (exact) mass is 382 g/mol. The lowest BCUT2D eigenvalue weighted by atomic mass is 10.1. The summed E-state index contributed by atoms with van der Waals surface area (Å²) in [5.74, 6) is -0.243. The van der Waals surface area contributed by atoms with Crippen LogP contribution in [-0.4, -0.2) is 10.5 Å². The van der Waals surface area contributed by atoms with E-state index in [9.17, 15) is 4.79 Å². The maximum absolute atomic E-state index is 12.5. The van der Waals surface area contributed by atoms with E-state index in [1.165, 1.54) is 10.9 Å². The second-order valence-electron chi connectivity index (χ2n) is 6.11. The van der Waals surface area contributed by atoms with Crippen molar-refractivity contribution in [2.75, 3.05) is 5.32 Å². The average molecular weight is 383 g/mol. The van der Waals surface area contributed by atoms with Gasteiger partial charge in [0, 0.05) is 49.6 Å². The Labute approximate surface area is 161 Å². The largest absolute Gasteiger partial charge is 0.341 e. The van der Waals surface area contributed by atoms with Gasteiger partial charge in [-0.15, -0.1) is 0 Å². The number of amides is 1. The van der Waals surface area contributed by atoms with E-state index in [4.69, 9.17) is 23.2 Å². The van der Waals surface area contributed by atoms with Crippen LogP contribution in [0, 0.1) is 0 Å². The van der Waals surface area contributed by atoms with Gasteiger partial charge in [-0.05, 0) is 49.4 Å². The second kappa shape index (κ2) is 6.67. The van der Waals surface area contributed by atoms with Crippen LogP contribution in [0.25, 0.3) is 21.8 Å². The number of anilines is 1. The Morgan fingerprint density at radius 2 is 1.62 bits per heavy atom. The molecule has 4 rings (SSSR count). The minimum Gasteiger partial charge on any atom is -0.341 e. The number of fused-ring (bicyclic) bond motifs is 3. The number of carbonyl (C=O) groups excluding carboxylic acids is 1. The Balaban J connectivity index is 1.76. The van der Waals surface area contributed by atoms with Gasteiger partial charge >= 0.3 is 0 Å². The number of para-hydroxylation sites is 1. The van der Waals surface area contributed by atoms with Crippen molar-refractivity contribution in [2.24, 2.45) is 0 Å². The van der Waals surface area contributed by atoms with E-state index in [1.807, 2.05) is 30.3 Å². The first-order valence-corrected chi connectivity index (χ1v) is 9.11. The normalized spacial score (nSPS) is 11.2. The smallest absolute Gasteiger partial charge is 0.255 e. The first-order valence-electron chi connectivity index (χ1n) is 8.35. The van der Waals surface area contributed by atoms with Crippen LogP contribution in [0.2, 0.25) is 10.0 Å². The molecule has 0 unspecified atom stereocenters. The van der Waals surface area contributed by atoms with Crippen molar-refractivity contribution < 1.29 is 4.79 Å². The zero-order valence-electron chi connectivity index (χ0n) is 14.1. The molecule has 0 fully saturated rings. The van der Waals surface area contributed by atoms with Crippen LogP contribution in [0.15, 0.2) is 60.7 Å². The van der Waals surface area contributed by atoms with Crippen molar-refractivity contribution in [3.05, 3.63) is 76.3 Å². The second-order valence-corrected chi connectivity index (χ2v) is 6.98. The van der Waals surface area contributed by atoms with Crippen LogP contribution < -0.4 is 5.32 Å². The standard InChI is InChI=1S/C21H16Cl2N2O/c1-2-25-19-6-4-3-5-17(19)18-12-16(7-8-20(18)25)24-21(26)13-9-14(22)11-15(23)10-13/h3-12H,2H2,1H3,(H,24,26). The highest BCUT2D eigenvalue weighted by Gasteiger charge is 2.12. The molecule has 0 radical (unpaired) electrons. The summed E-state index contributed by atoms with van der Waals surface area (Å²) in [7, 11) is 0. The molecule has 0 atom stereocenters. The molecule has 1 heterocycles. The first-order chi connectivity index (χ1) is 12.6. The Morgan fingerprint density at radius 3 is 2.35 bits per heavy atom. The van der Waals surface area contributed by atoms with E-state index in [0.717, 1.165) is 23.1 Å². The fourth-order valence-electron chi connectivity index (χ4n) is 3.36. The quantitative estimate of drug-likeness (QED) is 0.438. The van der Waals surface area contributed by atoms with Gasteiger partial charge in [-0.3, -0.25) is 4.79 Å². The first kappa shape index (κ1) is 17.0. The van der Waals surface area contributed by atoms with Crippen molar-refractivity contribution in [3.8, 4) is 0 Å². The molecule has 3 nitrogen and oxygen atoms in total. The molecule has 1 amide bonds. The van der Waals surface area contributed by atoms with Gasteiger partial charge in [0.2, 0.25) is 0 Å². The highest BCUT2D eigenvalue weighted by atomic mass is 35.5. The Kier molecular flexibility index (Phi) is 4.35. The van der Waals surface area contributed by atoms with Crippen molar-refractivity contribution in [2.45, 2.75) is 13.5 Å². The zero-order valence-corrected chi connectivity index (χ0v) is 15.6. The third kappa shape index (κ3) is 2.94. The summed E-state index contributed by atoms with van der Waals surface area (Å²) in [5, 5.41) is 6.09. The Bertz CT molecular complexity index is 1130. The predicted octanol–water partition coefficient (Wildman–Crippen LogP) is 6.37. The molecule has 0 saturated carbocycles. The highest BCUT2D eigenvalue weighted by molar-refractivity contribution is 6.35. The summed E-state index contributed by atoms with van der Waals surface area (Å²) in [6, 6.07) is 19.1. The number of aromatic nitrogens is 1. The number of nitrogens with zero attached hydrogens (tertiary/aromatic N) is 1. The Hall–Kier alpha value is -2.49. The van der Waals surface area contributed by atoms with Gasteiger partial charge in [0.05, 0.1) is 0 Å². The zero-order chi connectivity index (χ0) is 18.3. The lowest BCUT2D eigenvalue weighted by molar-refractivity contribution is 0.102. The van der Waals surface area contributed by atoms with Crippen molar-refractivity contribution in [1.82, 2.24) is 4.57 Å². The topological polar surface area (TPSA) is 34.0 Å². The third-order valence-electron chi connectivity index (χ3n) is 4.47. The molecule has 26 heavy (non-hydrogen) atoms. The van der Waals surface area contributed by atoms with Crippen LogP contribution in [0.1, 0.15) is 17.3 Å².